The van der Waals surface area contributed by atoms with Crippen LogP contribution in [0.25, 0.3) is 0 Å². The zero-order chi connectivity index (χ0) is 8.44. The molecule has 0 aromatic heterocycles. The molecule has 1 saturated carbocycles. The van der Waals surface area contributed by atoms with Gasteiger partial charge in [-0.3, -0.25) is 0 Å². The van der Waals surface area contributed by atoms with Crippen molar-refractivity contribution in [1.82, 2.24) is 0 Å². The molecule has 0 atom stereocenters. The van der Waals surface area contributed by atoms with E-state index in [2.05, 4.69) is 5.11 Å². The van der Waals surface area contributed by atoms with Crippen molar-refractivity contribution in [2.75, 3.05) is 13.2 Å². The van der Waals surface area contributed by atoms with Crippen LogP contribution in [0, 0.1) is 5.53 Å². The summed E-state index contributed by atoms with van der Waals surface area (Å²) in [6.07, 6.45) is 3.67. The van der Waals surface area contributed by atoms with Gasteiger partial charge in [0.1, 0.15) is 0 Å². The van der Waals surface area contributed by atoms with Gasteiger partial charge in [0, 0.05) is 12.8 Å². The maximum Gasteiger partial charge on any atom is 0.168 e. The van der Waals surface area contributed by atoms with Crippen molar-refractivity contribution < 1.29 is 9.47 Å². The quantitative estimate of drug-likeness (QED) is 0.609. The van der Waals surface area contributed by atoms with Crippen molar-refractivity contribution in [2.24, 2.45) is 5.11 Å². The van der Waals surface area contributed by atoms with E-state index in [1.165, 1.54) is 0 Å². The first-order chi connectivity index (χ1) is 5.85. The molecule has 0 radical (unpaired) electrons. The summed E-state index contributed by atoms with van der Waals surface area (Å²) >= 11 is 0. The Balaban J connectivity index is 1.92. The highest BCUT2D eigenvalue weighted by molar-refractivity contribution is 4.84. The lowest BCUT2D eigenvalue weighted by Gasteiger charge is -2.33. The van der Waals surface area contributed by atoms with Crippen molar-refractivity contribution in [1.29, 1.82) is 5.53 Å². The van der Waals surface area contributed by atoms with E-state index in [1.807, 2.05) is 0 Å². The van der Waals surface area contributed by atoms with Crippen LogP contribution in [0.3, 0.4) is 0 Å². The Morgan fingerprint density at radius 1 is 1.17 bits per heavy atom. The van der Waals surface area contributed by atoms with Gasteiger partial charge in [0.25, 0.3) is 0 Å². The van der Waals surface area contributed by atoms with Gasteiger partial charge in [0.15, 0.2) is 5.79 Å². The molecule has 68 valence electrons. The van der Waals surface area contributed by atoms with Crippen LogP contribution >= 0.6 is 0 Å². The highest BCUT2D eigenvalue weighted by Crippen LogP contribution is 2.36. The van der Waals surface area contributed by atoms with Crippen LogP contribution in [-0.4, -0.2) is 25.0 Å². The second-order valence-electron chi connectivity index (χ2n) is 3.47. The second-order valence-corrected chi connectivity index (χ2v) is 3.47. The van der Waals surface area contributed by atoms with Gasteiger partial charge in [-0.05, 0) is 12.8 Å². The highest BCUT2D eigenvalue weighted by atomic mass is 16.7. The average Bonchev–Trinajstić information content (AvgIpc) is 2.55. The lowest BCUT2D eigenvalue weighted by molar-refractivity contribution is -0.178. The molecule has 0 aromatic carbocycles. The Hall–Kier alpha value is -0.480. The molecule has 4 nitrogen and oxygen atoms in total. The Bertz CT molecular complexity index is 168. The zero-order valence-electron chi connectivity index (χ0n) is 7.08. The van der Waals surface area contributed by atoms with E-state index in [0.29, 0.717) is 0 Å². The van der Waals surface area contributed by atoms with E-state index in [4.69, 9.17) is 15.0 Å². The molecule has 2 fully saturated rings. The molecule has 4 heteroatoms. The number of nitrogens with one attached hydrogen (secondary N) is 1. The molecule has 2 rings (SSSR count). The maximum atomic E-state index is 6.90. The SMILES string of the molecule is N=NC1CCC2(CC1)OCCO2. The third kappa shape index (κ3) is 1.36. The van der Waals surface area contributed by atoms with Crippen molar-refractivity contribution in [3.63, 3.8) is 0 Å². The Morgan fingerprint density at radius 2 is 1.75 bits per heavy atom. The van der Waals surface area contributed by atoms with E-state index < -0.39 is 0 Å². The third-order valence-electron chi connectivity index (χ3n) is 2.71. The summed E-state index contributed by atoms with van der Waals surface area (Å²) in [6.45, 7) is 1.45. The highest BCUT2D eigenvalue weighted by Gasteiger charge is 2.40. The van der Waals surface area contributed by atoms with Gasteiger partial charge in [0.2, 0.25) is 0 Å². The smallest absolute Gasteiger partial charge is 0.168 e. The molecule has 1 saturated heterocycles. The van der Waals surface area contributed by atoms with Gasteiger partial charge in [-0.15, -0.1) is 0 Å². The van der Waals surface area contributed by atoms with Crippen molar-refractivity contribution in [3.05, 3.63) is 0 Å². The van der Waals surface area contributed by atoms with Crippen LogP contribution in [0.5, 0.6) is 0 Å². The molecule has 0 bridgehead atoms. The fraction of sp³-hybridized carbons (Fsp3) is 1.00. The van der Waals surface area contributed by atoms with Crippen molar-refractivity contribution in [2.45, 2.75) is 37.5 Å². The normalized spacial score (nSPS) is 29.3. The molecule has 1 aliphatic heterocycles. The van der Waals surface area contributed by atoms with Crippen molar-refractivity contribution >= 4 is 0 Å². The minimum atomic E-state index is -0.290. The lowest BCUT2D eigenvalue weighted by atomic mass is 9.91. The topological polar surface area (TPSA) is 54.7 Å². The predicted octanol–water partition coefficient (Wildman–Crippen LogP) is 1.70. The molecular weight excluding hydrogens is 156 g/mol. The molecule has 0 amide bonds. The first kappa shape index (κ1) is 8.13. The van der Waals surface area contributed by atoms with Gasteiger partial charge in [-0.2, -0.15) is 5.11 Å². The molecule has 1 N–H and O–H groups in total. The van der Waals surface area contributed by atoms with Gasteiger partial charge >= 0.3 is 0 Å². The minimum absolute atomic E-state index is 0.212. The number of hydrogen-bond acceptors (Lipinski definition) is 4. The van der Waals surface area contributed by atoms with E-state index in [-0.39, 0.29) is 11.8 Å². The van der Waals surface area contributed by atoms with Crippen LogP contribution < -0.4 is 0 Å². The Morgan fingerprint density at radius 3 is 2.25 bits per heavy atom. The zero-order valence-corrected chi connectivity index (χ0v) is 7.08. The van der Waals surface area contributed by atoms with Crippen LogP contribution in [0.15, 0.2) is 5.11 Å². The summed E-state index contributed by atoms with van der Waals surface area (Å²) in [5.74, 6) is -0.290. The standard InChI is InChI=1S/C8H14N2O2/c9-10-7-1-3-8(4-2-7)11-5-6-12-8/h7,9H,1-6H2. The van der Waals surface area contributed by atoms with Crippen LogP contribution in [0.4, 0.5) is 0 Å². The minimum Gasteiger partial charge on any atom is -0.348 e. The van der Waals surface area contributed by atoms with Gasteiger partial charge in [-0.1, -0.05) is 0 Å². The average molecular weight is 170 g/mol. The lowest BCUT2D eigenvalue weighted by Crippen LogP contribution is -2.36. The summed E-state index contributed by atoms with van der Waals surface area (Å²) < 4.78 is 11.1. The molecule has 0 aromatic rings. The largest absolute Gasteiger partial charge is 0.348 e. The summed E-state index contributed by atoms with van der Waals surface area (Å²) in [6, 6.07) is 0.212. The maximum absolute atomic E-state index is 6.90. The fourth-order valence-corrected chi connectivity index (χ4v) is 1.96. The fourth-order valence-electron chi connectivity index (χ4n) is 1.96. The number of hydrogen-bond donors (Lipinski definition) is 1. The predicted molar refractivity (Wildman–Crippen MR) is 42.0 cm³/mol. The van der Waals surface area contributed by atoms with Gasteiger partial charge in [0.05, 0.1) is 19.3 Å². The van der Waals surface area contributed by atoms with E-state index >= 15 is 0 Å². The third-order valence-corrected chi connectivity index (χ3v) is 2.71. The van der Waals surface area contributed by atoms with Crippen LogP contribution in [0.2, 0.25) is 0 Å². The van der Waals surface area contributed by atoms with Crippen LogP contribution in [-0.2, 0) is 9.47 Å². The van der Waals surface area contributed by atoms with E-state index in [0.717, 1.165) is 38.9 Å². The first-order valence-electron chi connectivity index (χ1n) is 4.49. The summed E-state index contributed by atoms with van der Waals surface area (Å²) in [7, 11) is 0. The van der Waals surface area contributed by atoms with E-state index in [1.54, 1.807) is 0 Å². The summed E-state index contributed by atoms with van der Waals surface area (Å²) in [5.41, 5.74) is 6.90. The Kier molecular flexibility index (Phi) is 2.11. The summed E-state index contributed by atoms with van der Waals surface area (Å²) in [4.78, 5) is 0. The second kappa shape index (κ2) is 3.11. The monoisotopic (exact) mass is 170 g/mol. The summed E-state index contributed by atoms with van der Waals surface area (Å²) in [5, 5.41) is 3.54. The molecule has 2 aliphatic rings. The number of nitrogens with zero attached hydrogens (tertiary/aromatic N) is 1. The van der Waals surface area contributed by atoms with Gasteiger partial charge in [-0.25, -0.2) is 5.53 Å². The van der Waals surface area contributed by atoms with Crippen LogP contribution in [0.1, 0.15) is 25.7 Å². The number of rotatable bonds is 1. The Labute approximate surface area is 71.7 Å². The number of ether oxygens (including phenoxy) is 2. The molecule has 1 heterocycles. The first-order valence-corrected chi connectivity index (χ1v) is 4.49. The van der Waals surface area contributed by atoms with Gasteiger partial charge < -0.3 is 9.47 Å². The molecule has 1 spiro atoms. The molecule has 12 heavy (non-hydrogen) atoms. The van der Waals surface area contributed by atoms with Crippen molar-refractivity contribution in [3.8, 4) is 0 Å². The molecular formula is C8H14N2O2. The van der Waals surface area contributed by atoms with E-state index in [9.17, 15) is 0 Å². The molecule has 0 unspecified atom stereocenters. The molecule has 1 aliphatic carbocycles.